The first-order chi connectivity index (χ1) is 18.2. The van der Waals surface area contributed by atoms with Crippen molar-refractivity contribution < 1.29 is 9.53 Å². The number of ether oxygens (including phenoxy) is 1. The Labute approximate surface area is 215 Å². The van der Waals surface area contributed by atoms with Crippen LogP contribution in [0.25, 0.3) is 28.2 Å². The Hall–Kier alpha value is -4.49. The van der Waals surface area contributed by atoms with Gasteiger partial charge >= 0.3 is 0 Å². The summed E-state index contributed by atoms with van der Waals surface area (Å²) in [6, 6.07) is 25.4. The van der Waals surface area contributed by atoms with Crippen LogP contribution in [0.4, 0.5) is 0 Å². The number of aromatic nitrogens is 3. The number of piperazine rings is 1. The minimum absolute atomic E-state index is 0.0677. The standard InChI is InChI=1S/C30H27N5O2/c1-33-14-16-34(17-15-33)30(36)23-9-7-8-22(18-23)27-19-32-29-20-31-26(21-35(27)29)25-12-5-6-13-28(25)37-24-10-3-2-4-11-24/h2-13,18-21H,14-17H2,1H3. The van der Waals surface area contributed by atoms with Gasteiger partial charge in [-0.05, 0) is 43.4 Å². The van der Waals surface area contributed by atoms with E-state index in [9.17, 15) is 4.79 Å². The van der Waals surface area contributed by atoms with E-state index in [-0.39, 0.29) is 5.91 Å². The first-order valence-electron chi connectivity index (χ1n) is 12.4. The maximum atomic E-state index is 13.2. The molecule has 6 rings (SSSR count). The van der Waals surface area contributed by atoms with Crippen LogP contribution >= 0.6 is 0 Å². The fraction of sp³-hybridized carbons (Fsp3) is 0.167. The van der Waals surface area contributed by atoms with Crippen LogP contribution in [0.5, 0.6) is 11.5 Å². The van der Waals surface area contributed by atoms with Gasteiger partial charge in [-0.25, -0.2) is 4.98 Å². The lowest BCUT2D eigenvalue weighted by molar-refractivity contribution is 0.0664. The topological polar surface area (TPSA) is 63.0 Å². The van der Waals surface area contributed by atoms with E-state index in [0.29, 0.717) is 5.56 Å². The summed E-state index contributed by atoms with van der Waals surface area (Å²) in [6.45, 7) is 3.27. The fourth-order valence-corrected chi connectivity index (χ4v) is 4.63. The van der Waals surface area contributed by atoms with Crippen molar-refractivity contribution in [3.63, 3.8) is 0 Å². The number of hydrogen-bond acceptors (Lipinski definition) is 5. The third-order valence-corrected chi connectivity index (χ3v) is 6.73. The number of nitrogens with zero attached hydrogens (tertiary/aromatic N) is 5. The van der Waals surface area contributed by atoms with Crippen molar-refractivity contribution in [3.8, 4) is 34.0 Å². The third kappa shape index (κ3) is 4.69. The fourth-order valence-electron chi connectivity index (χ4n) is 4.63. The van der Waals surface area contributed by atoms with E-state index in [1.54, 1.807) is 6.20 Å². The van der Waals surface area contributed by atoms with Crippen LogP contribution < -0.4 is 4.74 Å². The smallest absolute Gasteiger partial charge is 0.253 e. The highest BCUT2D eigenvalue weighted by atomic mass is 16.5. The largest absolute Gasteiger partial charge is 0.457 e. The van der Waals surface area contributed by atoms with Gasteiger partial charge in [0.1, 0.15) is 11.5 Å². The molecule has 7 heteroatoms. The second-order valence-electron chi connectivity index (χ2n) is 9.23. The molecule has 0 atom stereocenters. The lowest BCUT2D eigenvalue weighted by Crippen LogP contribution is -2.47. The van der Waals surface area contributed by atoms with Crippen molar-refractivity contribution in [1.29, 1.82) is 0 Å². The Morgan fingerprint density at radius 1 is 0.838 bits per heavy atom. The third-order valence-electron chi connectivity index (χ3n) is 6.73. The second-order valence-corrected chi connectivity index (χ2v) is 9.23. The van der Waals surface area contributed by atoms with E-state index in [2.05, 4.69) is 21.9 Å². The maximum absolute atomic E-state index is 13.2. The van der Waals surface area contributed by atoms with Crippen LogP contribution in [0.1, 0.15) is 10.4 Å². The van der Waals surface area contributed by atoms with E-state index in [1.165, 1.54) is 0 Å². The molecule has 0 bridgehead atoms. The normalized spacial score (nSPS) is 14.1. The molecule has 2 aromatic heterocycles. The Morgan fingerprint density at radius 3 is 2.46 bits per heavy atom. The molecular weight excluding hydrogens is 462 g/mol. The number of para-hydroxylation sites is 2. The zero-order valence-corrected chi connectivity index (χ0v) is 20.6. The minimum Gasteiger partial charge on any atom is -0.457 e. The van der Waals surface area contributed by atoms with Crippen LogP contribution in [-0.4, -0.2) is 63.3 Å². The van der Waals surface area contributed by atoms with Crippen molar-refractivity contribution >= 4 is 11.6 Å². The minimum atomic E-state index is 0.0677. The van der Waals surface area contributed by atoms with Crippen molar-refractivity contribution in [1.82, 2.24) is 24.2 Å². The number of amides is 1. The monoisotopic (exact) mass is 489 g/mol. The molecule has 1 fully saturated rings. The number of likely N-dealkylation sites (N-methyl/N-ethyl adjacent to an activating group) is 1. The Bertz CT molecular complexity index is 1560. The van der Waals surface area contributed by atoms with Gasteiger partial charge in [0.2, 0.25) is 0 Å². The van der Waals surface area contributed by atoms with Crippen LogP contribution in [0.2, 0.25) is 0 Å². The van der Waals surface area contributed by atoms with Crippen LogP contribution in [0.15, 0.2) is 97.5 Å². The van der Waals surface area contributed by atoms with Crippen molar-refractivity contribution in [3.05, 3.63) is 103 Å². The molecule has 0 radical (unpaired) electrons. The number of carbonyl (C=O) groups is 1. The van der Waals surface area contributed by atoms with Gasteiger partial charge in [0.25, 0.3) is 5.91 Å². The second kappa shape index (κ2) is 9.87. The van der Waals surface area contributed by atoms with E-state index in [0.717, 1.165) is 65.8 Å². The van der Waals surface area contributed by atoms with Gasteiger partial charge in [-0.1, -0.05) is 42.5 Å². The first-order valence-corrected chi connectivity index (χ1v) is 12.4. The maximum Gasteiger partial charge on any atom is 0.253 e. The lowest BCUT2D eigenvalue weighted by Gasteiger charge is -2.32. The highest BCUT2D eigenvalue weighted by molar-refractivity contribution is 5.95. The molecule has 1 aliphatic heterocycles. The summed E-state index contributed by atoms with van der Waals surface area (Å²) in [7, 11) is 2.09. The number of carbonyl (C=O) groups excluding carboxylic acids is 1. The molecule has 1 amide bonds. The van der Waals surface area contributed by atoms with Crippen LogP contribution in [-0.2, 0) is 0 Å². The predicted molar refractivity (Wildman–Crippen MR) is 144 cm³/mol. The summed E-state index contributed by atoms with van der Waals surface area (Å²) in [5.74, 6) is 1.56. The molecule has 1 aliphatic rings. The van der Waals surface area contributed by atoms with Crippen molar-refractivity contribution in [2.75, 3.05) is 33.2 Å². The highest BCUT2D eigenvalue weighted by Gasteiger charge is 2.21. The molecule has 0 spiro atoms. The molecule has 7 nitrogen and oxygen atoms in total. The molecule has 184 valence electrons. The van der Waals surface area contributed by atoms with Crippen LogP contribution in [0.3, 0.4) is 0 Å². The van der Waals surface area contributed by atoms with Gasteiger partial charge in [0.15, 0.2) is 5.65 Å². The summed E-state index contributed by atoms with van der Waals surface area (Å²) < 4.78 is 8.18. The van der Waals surface area contributed by atoms with Gasteiger partial charge < -0.3 is 14.5 Å². The number of rotatable bonds is 5. The quantitative estimate of drug-likeness (QED) is 0.338. The molecule has 0 N–H and O–H groups in total. The summed E-state index contributed by atoms with van der Waals surface area (Å²) in [5.41, 5.74) is 4.89. The zero-order valence-electron chi connectivity index (χ0n) is 20.6. The summed E-state index contributed by atoms with van der Waals surface area (Å²) in [5, 5.41) is 0. The molecule has 5 aromatic rings. The predicted octanol–water partition coefficient (Wildman–Crippen LogP) is 5.24. The molecule has 1 saturated heterocycles. The Kier molecular flexibility index (Phi) is 6.12. The SMILES string of the molecule is CN1CCN(C(=O)c2cccc(-c3cnc4cnc(-c5ccccc5Oc5ccccc5)cn34)c2)CC1. The molecule has 0 saturated carbocycles. The summed E-state index contributed by atoms with van der Waals surface area (Å²) in [4.78, 5) is 26.6. The van der Waals surface area contributed by atoms with Crippen molar-refractivity contribution in [2.45, 2.75) is 0 Å². The summed E-state index contributed by atoms with van der Waals surface area (Å²) >= 11 is 0. The molecule has 0 aliphatic carbocycles. The van der Waals surface area contributed by atoms with E-state index < -0.39 is 0 Å². The number of benzene rings is 3. The lowest BCUT2D eigenvalue weighted by atomic mass is 10.1. The summed E-state index contributed by atoms with van der Waals surface area (Å²) in [6.07, 6.45) is 5.56. The molecule has 3 aromatic carbocycles. The van der Waals surface area contributed by atoms with E-state index in [1.807, 2.05) is 101 Å². The zero-order chi connectivity index (χ0) is 25.2. The van der Waals surface area contributed by atoms with Crippen molar-refractivity contribution in [2.24, 2.45) is 0 Å². The number of imidazole rings is 1. The van der Waals surface area contributed by atoms with Gasteiger partial charge in [-0.2, -0.15) is 0 Å². The van der Waals surface area contributed by atoms with E-state index in [4.69, 9.17) is 4.74 Å². The molecule has 3 heterocycles. The molecular formula is C30H27N5O2. The van der Waals surface area contributed by atoms with Crippen LogP contribution in [0, 0.1) is 0 Å². The van der Waals surface area contributed by atoms with E-state index >= 15 is 0 Å². The number of hydrogen-bond donors (Lipinski definition) is 0. The average molecular weight is 490 g/mol. The van der Waals surface area contributed by atoms with Gasteiger partial charge in [-0.15, -0.1) is 0 Å². The highest BCUT2D eigenvalue weighted by Crippen LogP contribution is 2.33. The van der Waals surface area contributed by atoms with Gasteiger partial charge in [-0.3, -0.25) is 14.2 Å². The van der Waals surface area contributed by atoms with Gasteiger partial charge in [0, 0.05) is 49.1 Å². The average Bonchev–Trinajstić information content (AvgIpc) is 3.37. The Morgan fingerprint density at radius 2 is 1.62 bits per heavy atom. The molecule has 0 unspecified atom stereocenters. The van der Waals surface area contributed by atoms with Gasteiger partial charge in [0.05, 0.1) is 23.8 Å². The number of fused-ring (bicyclic) bond motifs is 1. The molecule has 37 heavy (non-hydrogen) atoms. The first kappa shape index (κ1) is 22.9. The Balaban J connectivity index is 1.34.